The Labute approximate surface area is 154 Å². The third-order valence-corrected chi connectivity index (χ3v) is 7.80. The lowest BCUT2D eigenvalue weighted by atomic mass is 9.85. The largest absolute Gasteiger partial charge is 0.343 e. The molecule has 7 heteroatoms. The molecule has 26 heavy (non-hydrogen) atoms. The lowest BCUT2D eigenvalue weighted by Crippen LogP contribution is -2.53. The zero-order chi connectivity index (χ0) is 18.7. The molecule has 0 N–H and O–H groups in total. The maximum atomic E-state index is 14.4. The van der Waals surface area contributed by atoms with Crippen molar-refractivity contribution in [3.63, 3.8) is 0 Å². The van der Waals surface area contributed by atoms with Gasteiger partial charge in [0.25, 0.3) is 0 Å². The fraction of sp³-hybridized carbons (Fsp3) is 0.632. The first-order chi connectivity index (χ1) is 12.5. The summed E-state index contributed by atoms with van der Waals surface area (Å²) in [6.45, 7) is 3.93. The van der Waals surface area contributed by atoms with Gasteiger partial charge in [-0.2, -0.15) is 0 Å². The van der Waals surface area contributed by atoms with Gasteiger partial charge in [-0.25, -0.2) is 4.39 Å². The topological polar surface area (TPSA) is 55.8 Å². The highest BCUT2D eigenvalue weighted by Crippen LogP contribution is 2.57. The standard InChI is InChI=1S/C19H27FNO4P/c1-3-24-26(23,25-4-2)18-13-12-14-8-7-11-17(21(14)19(18)22)15-9-5-6-10-16(15)20/h5-6,9-10,14,17-18H,3-4,7-8,11-13H2,1-2H3/t14-,17-,18?/m0/s1. The Morgan fingerprint density at radius 1 is 1.12 bits per heavy atom. The van der Waals surface area contributed by atoms with E-state index < -0.39 is 13.3 Å². The van der Waals surface area contributed by atoms with Gasteiger partial charge in [-0.3, -0.25) is 9.36 Å². The number of nitrogens with zero attached hydrogens (tertiary/aromatic N) is 1. The number of hydrogen-bond donors (Lipinski definition) is 0. The molecule has 1 amide bonds. The molecule has 3 rings (SSSR count). The van der Waals surface area contributed by atoms with Crippen LogP contribution in [0.25, 0.3) is 0 Å². The number of carbonyl (C=O) groups excluding carboxylic acids is 1. The quantitative estimate of drug-likeness (QED) is 0.670. The molecule has 1 aromatic carbocycles. The molecule has 2 fully saturated rings. The summed E-state index contributed by atoms with van der Waals surface area (Å²) in [5.74, 6) is -0.523. The zero-order valence-electron chi connectivity index (χ0n) is 15.4. The third kappa shape index (κ3) is 3.60. The Morgan fingerprint density at radius 3 is 2.46 bits per heavy atom. The number of hydrogen-bond acceptors (Lipinski definition) is 4. The van der Waals surface area contributed by atoms with E-state index in [1.165, 1.54) is 6.07 Å². The Hall–Kier alpha value is -1.23. The fourth-order valence-corrected chi connectivity index (χ4v) is 6.29. The number of carbonyl (C=O) groups is 1. The van der Waals surface area contributed by atoms with Gasteiger partial charge in [-0.1, -0.05) is 18.2 Å². The highest BCUT2D eigenvalue weighted by Gasteiger charge is 2.50. The maximum absolute atomic E-state index is 14.4. The predicted molar refractivity (Wildman–Crippen MR) is 97.5 cm³/mol. The van der Waals surface area contributed by atoms with E-state index in [9.17, 15) is 13.8 Å². The zero-order valence-corrected chi connectivity index (χ0v) is 16.3. The summed E-state index contributed by atoms with van der Waals surface area (Å²) in [5, 5.41) is 0. The summed E-state index contributed by atoms with van der Waals surface area (Å²) in [6.07, 6.45) is 3.79. The minimum absolute atomic E-state index is 0.0637. The summed E-state index contributed by atoms with van der Waals surface area (Å²) in [7, 11) is -3.53. The molecule has 0 aromatic heterocycles. The van der Waals surface area contributed by atoms with Gasteiger partial charge in [0.2, 0.25) is 5.91 Å². The van der Waals surface area contributed by atoms with E-state index in [1.807, 2.05) is 0 Å². The second-order valence-corrected chi connectivity index (χ2v) is 9.06. The molecule has 2 aliphatic heterocycles. The van der Waals surface area contributed by atoms with E-state index in [1.54, 1.807) is 36.9 Å². The van der Waals surface area contributed by atoms with Gasteiger partial charge in [0, 0.05) is 11.6 Å². The smallest absolute Gasteiger partial charge is 0.332 e. The van der Waals surface area contributed by atoms with Gasteiger partial charge >= 0.3 is 7.60 Å². The first kappa shape index (κ1) is 19.5. The minimum atomic E-state index is -3.53. The molecule has 3 atom stereocenters. The molecule has 1 aromatic rings. The van der Waals surface area contributed by atoms with Crippen LogP contribution in [-0.4, -0.2) is 35.7 Å². The molecule has 5 nitrogen and oxygen atoms in total. The molecule has 2 aliphatic rings. The van der Waals surface area contributed by atoms with E-state index in [2.05, 4.69) is 0 Å². The Bertz CT molecular complexity index is 688. The van der Waals surface area contributed by atoms with Crippen molar-refractivity contribution in [2.45, 2.75) is 63.7 Å². The van der Waals surface area contributed by atoms with Crippen molar-refractivity contribution >= 4 is 13.5 Å². The molecule has 1 unspecified atom stereocenters. The Balaban J connectivity index is 1.93. The summed E-state index contributed by atoms with van der Waals surface area (Å²) < 4.78 is 38.5. The first-order valence-electron chi connectivity index (χ1n) is 9.47. The molecule has 0 radical (unpaired) electrons. The van der Waals surface area contributed by atoms with Crippen molar-refractivity contribution in [1.82, 2.24) is 4.90 Å². The molecule has 0 spiro atoms. The molecular formula is C19H27FNO4P. The van der Waals surface area contributed by atoms with Crippen molar-refractivity contribution in [2.75, 3.05) is 13.2 Å². The number of piperidine rings is 2. The SMILES string of the molecule is CCOP(=O)(OCC)C1CC[C@@H]2CCC[C@@H](c3ccccc3F)N2C1=O. The average Bonchev–Trinajstić information content (AvgIpc) is 2.62. The van der Waals surface area contributed by atoms with E-state index in [0.29, 0.717) is 18.4 Å². The second kappa shape index (κ2) is 8.20. The lowest BCUT2D eigenvalue weighted by Gasteiger charge is -2.48. The highest BCUT2D eigenvalue weighted by atomic mass is 31.2. The van der Waals surface area contributed by atoms with Crippen molar-refractivity contribution in [3.8, 4) is 0 Å². The molecule has 2 saturated heterocycles. The lowest BCUT2D eigenvalue weighted by molar-refractivity contribution is -0.142. The minimum Gasteiger partial charge on any atom is -0.332 e. The van der Waals surface area contributed by atoms with Gasteiger partial charge in [0.1, 0.15) is 11.5 Å². The van der Waals surface area contributed by atoms with Crippen LogP contribution in [0.2, 0.25) is 0 Å². The van der Waals surface area contributed by atoms with Crippen LogP contribution < -0.4 is 0 Å². The van der Waals surface area contributed by atoms with E-state index in [-0.39, 0.29) is 37.0 Å². The highest BCUT2D eigenvalue weighted by molar-refractivity contribution is 7.55. The van der Waals surface area contributed by atoms with Crippen LogP contribution in [0.1, 0.15) is 57.6 Å². The number of fused-ring (bicyclic) bond motifs is 1. The van der Waals surface area contributed by atoms with Crippen LogP contribution in [0.3, 0.4) is 0 Å². The predicted octanol–water partition coefficient (Wildman–Crippen LogP) is 4.68. The van der Waals surface area contributed by atoms with Crippen molar-refractivity contribution in [3.05, 3.63) is 35.6 Å². The molecule has 144 valence electrons. The van der Waals surface area contributed by atoms with Gasteiger partial charge in [-0.15, -0.1) is 0 Å². The fourth-order valence-electron chi connectivity index (χ4n) is 4.26. The summed E-state index contributed by atoms with van der Waals surface area (Å²) in [6, 6.07) is 6.35. The summed E-state index contributed by atoms with van der Waals surface area (Å²) >= 11 is 0. The third-order valence-electron chi connectivity index (χ3n) is 5.32. The number of rotatable bonds is 6. The number of halogens is 1. The summed E-state index contributed by atoms with van der Waals surface area (Å²) in [4.78, 5) is 15.1. The molecule has 0 aliphatic carbocycles. The summed E-state index contributed by atoms with van der Waals surface area (Å²) in [5.41, 5.74) is -0.264. The van der Waals surface area contributed by atoms with Crippen LogP contribution in [0.15, 0.2) is 24.3 Å². The van der Waals surface area contributed by atoms with Crippen LogP contribution in [0, 0.1) is 5.82 Å². The van der Waals surface area contributed by atoms with Crippen LogP contribution >= 0.6 is 7.60 Å². The van der Waals surface area contributed by atoms with Crippen LogP contribution in [0.5, 0.6) is 0 Å². The Kier molecular flexibility index (Phi) is 6.16. The molecule has 0 saturated carbocycles. The first-order valence-corrected chi connectivity index (χ1v) is 11.1. The van der Waals surface area contributed by atoms with Gasteiger partial charge in [0.05, 0.1) is 19.3 Å². The second-order valence-electron chi connectivity index (χ2n) is 6.84. The van der Waals surface area contributed by atoms with Crippen molar-refractivity contribution in [2.24, 2.45) is 0 Å². The van der Waals surface area contributed by atoms with E-state index in [4.69, 9.17) is 9.05 Å². The van der Waals surface area contributed by atoms with Crippen molar-refractivity contribution < 1.29 is 22.8 Å². The van der Waals surface area contributed by atoms with Crippen LogP contribution in [0.4, 0.5) is 4.39 Å². The monoisotopic (exact) mass is 383 g/mol. The number of amides is 1. The molecule has 2 heterocycles. The molecular weight excluding hydrogens is 356 g/mol. The Morgan fingerprint density at radius 2 is 1.81 bits per heavy atom. The van der Waals surface area contributed by atoms with Crippen molar-refractivity contribution in [1.29, 1.82) is 0 Å². The van der Waals surface area contributed by atoms with E-state index >= 15 is 0 Å². The van der Waals surface area contributed by atoms with Gasteiger partial charge < -0.3 is 13.9 Å². The van der Waals surface area contributed by atoms with Gasteiger partial charge in [-0.05, 0) is 52.0 Å². The van der Waals surface area contributed by atoms with Gasteiger partial charge in [0.15, 0.2) is 0 Å². The van der Waals surface area contributed by atoms with E-state index in [0.717, 1.165) is 19.3 Å². The average molecular weight is 383 g/mol. The van der Waals surface area contributed by atoms with Crippen LogP contribution in [-0.2, 0) is 18.4 Å². The maximum Gasteiger partial charge on any atom is 0.343 e. The normalized spacial score (nSPS) is 26.7. The molecule has 0 bridgehead atoms. The number of benzene rings is 1.